The van der Waals surface area contributed by atoms with Gasteiger partial charge in [-0.1, -0.05) is 5.16 Å². The Morgan fingerprint density at radius 1 is 1.40 bits per heavy atom. The molecule has 0 saturated heterocycles. The summed E-state index contributed by atoms with van der Waals surface area (Å²) in [5.74, 6) is 0.514. The summed E-state index contributed by atoms with van der Waals surface area (Å²) in [6.07, 6.45) is 0.226. The van der Waals surface area contributed by atoms with Crippen LogP contribution in [0, 0.1) is 6.92 Å². The van der Waals surface area contributed by atoms with E-state index in [2.05, 4.69) is 20.7 Å². The first-order valence-corrected chi connectivity index (χ1v) is 8.01. The normalized spacial score (nSPS) is 14.2. The maximum atomic E-state index is 12.3. The van der Waals surface area contributed by atoms with E-state index in [1.54, 1.807) is 17.9 Å². The van der Waals surface area contributed by atoms with Gasteiger partial charge in [-0.05, 0) is 27.7 Å². The quantitative estimate of drug-likeness (QED) is 0.861. The Labute approximate surface area is 144 Å². The minimum absolute atomic E-state index is 0.175. The molecule has 0 saturated carbocycles. The zero-order valence-electron chi connectivity index (χ0n) is 14.7. The predicted octanol–water partition coefficient (Wildman–Crippen LogP) is 2.25. The fourth-order valence-electron chi connectivity index (χ4n) is 2.53. The van der Waals surface area contributed by atoms with Gasteiger partial charge in [0.15, 0.2) is 11.5 Å². The summed E-state index contributed by atoms with van der Waals surface area (Å²) in [6, 6.07) is 1.54. The fraction of sp³-hybridized carbons (Fsp3) is 0.500. The van der Waals surface area contributed by atoms with Gasteiger partial charge in [-0.25, -0.2) is 4.79 Å². The Bertz CT molecular complexity index is 802. The third-order valence-electron chi connectivity index (χ3n) is 3.68. The van der Waals surface area contributed by atoms with E-state index in [-0.39, 0.29) is 11.8 Å². The molecule has 3 heterocycles. The molecule has 9 nitrogen and oxygen atoms in total. The SMILES string of the molecule is Cc1cc(C(=O)Nc2n[nH]c3c2CN(C(=O)OC(C)(C)C)CC3)no1. The van der Waals surface area contributed by atoms with Gasteiger partial charge in [0, 0.05) is 30.3 Å². The zero-order chi connectivity index (χ0) is 18.2. The molecule has 0 radical (unpaired) electrons. The van der Waals surface area contributed by atoms with Crippen LogP contribution >= 0.6 is 0 Å². The van der Waals surface area contributed by atoms with Crippen molar-refractivity contribution in [2.45, 2.75) is 46.3 Å². The van der Waals surface area contributed by atoms with Crippen LogP contribution in [-0.2, 0) is 17.7 Å². The zero-order valence-corrected chi connectivity index (χ0v) is 14.7. The monoisotopic (exact) mass is 347 g/mol. The molecule has 134 valence electrons. The Balaban J connectivity index is 1.73. The molecule has 2 amide bonds. The number of ether oxygens (including phenoxy) is 1. The Morgan fingerprint density at radius 2 is 2.16 bits per heavy atom. The number of hydrogen-bond donors (Lipinski definition) is 2. The number of aromatic amines is 1. The van der Waals surface area contributed by atoms with E-state index in [0.717, 1.165) is 11.3 Å². The van der Waals surface area contributed by atoms with Crippen molar-refractivity contribution in [1.82, 2.24) is 20.3 Å². The van der Waals surface area contributed by atoms with E-state index in [0.29, 0.717) is 31.1 Å². The molecule has 0 unspecified atom stereocenters. The number of aromatic nitrogens is 3. The highest BCUT2D eigenvalue weighted by atomic mass is 16.6. The molecule has 0 aliphatic carbocycles. The summed E-state index contributed by atoms with van der Waals surface area (Å²) in [5.41, 5.74) is 1.28. The number of anilines is 1. The van der Waals surface area contributed by atoms with E-state index in [1.165, 1.54) is 0 Å². The third kappa shape index (κ3) is 3.81. The van der Waals surface area contributed by atoms with Crippen LogP contribution in [0.1, 0.15) is 48.3 Å². The average molecular weight is 347 g/mol. The van der Waals surface area contributed by atoms with Gasteiger partial charge in [-0.2, -0.15) is 5.10 Å². The number of H-pyrrole nitrogens is 1. The van der Waals surface area contributed by atoms with Crippen molar-refractivity contribution in [2.75, 3.05) is 11.9 Å². The predicted molar refractivity (Wildman–Crippen MR) is 88.1 cm³/mol. The lowest BCUT2D eigenvalue weighted by Crippen LogP contribution is -2.40. The summed E-state index contributed by atoms with van der Waals surface area (Å²) in [4.78, 5) is 26.1. The molecular formula is C16H21N5O4. The minimum atomic E-state index is -0.560. The summed E-state index contributed by atoms with van der Waals surface area (Å²) in [5, 5.41) is 13.4. The number of aryl methyl sites for hydroxylation is 1. The lowest BCUT2D eigenvalue weighted by Gasteiger charge is -2.30. The fourth-order valence-corrected chi connectivity index (χ4v) is 2.53. The Hall–Kier alpha value is -2.84. The van der Waals surface area contributed by atoms with Crippen LogP contribution in [0.25, 0.3) is 0 Å². The first-order valence-electron chi connectivity index (χ1n) is 8.01. The molecular weight excluding hydrogens is 326 g/mol. The van der Waals surface area contributed by atoms with Crippen molar-refractivity contribution in [3.63, 3.8) is 0 Å². The molecule has 0 fully saturated rings. The highest BCUT2D eigenvalue weighted by Gasteiger charge is 2.29. The molecule has 2 aromatic heterocycles. The molecule has 2 N–H and O–H groups in total. The van der Waals surface area contributed by atoms with Gasteiger partial charge in [0.05, 0.1) is 6.54 Å². The van der Waals surface area contributed by atoms with Crippen LogP contribution in [0.5, 0.6) is 0 Å². The van der Waals surface area contributed by atoms with Gasteiger partial charge in [0.25, 0.3) is 5.91 Å². The largest absolute Gasteiger partial charge is 0.444 e. The van der Waals surface area contributed by atoms with Crippen molar-refractivity contribution in [3.05, 3.63) is 28.8 Å². The number of nitrogens with one attached hydrogen (secondary N) is 2. The number of amides is 2. The highest BCUT2D eigenvalue weighted by molar-refractivity contribution is 6.02. The highest BCUT2D eigenvalue weighted by Crippen LogP contribution is 2.25. The van der Waals surface area contributed by atoms with E-state index >= 15 is 0 Å². The average Bonchev–Trinajstić information content (AvgIpc) is 3.12. The molecule has 0 bridgehead atoms. The molecule has 9 heteroatoms. The minimum Gasteiger partial charge on any atom is -0.444 e. The number of nitrogens with zero attached hydrogens (tertiary/aromatic N) is 3. The maximum absolute atomic E-state index is 12.3. The van der Waals surface area contributed by atoms with Crippen molar-refractivity contribution in [2.24, 2.45) is 0 Å². The van der Waals surface area contributed by atoms with E-state index in [9.17, 15) is 9.59 Å². The van der Waals surface area contributed by atoms with Crippen LogP contribution in [-0.4, -0.2) is 44.4 Å². The van der Waals surface area contributed by atoms with E-state index < -0.39 is 11.5 Å². The van der Waals surface area contributed by atoms with Gasteiger partial charge in [0.2, 0.25) is 0 Å². The van der Waals surface area contributed by atoms with Gasteiger partial charge < -0.3 is 19.5 Å². The lowest BCUT2D eigenvalue weighted by molar-refractivity contribution is 0.0224. The van der Waals surface area contributed by atoms with Crippen molar-refractivity contribution in [1.29, 1.82) is 0 Å². The molecule has 25 heavy (non-hydrogen) atoms. The molecule has 0 spiro atoms. The molecule has 2 aromatic rings. The van der Waals surface area contributed by atoms with Gasteiger partial charge in [0.1, 0.15) is 11.4 Å². The van der Waals surface area contributed by atoms with Gasteiger partial charge in [-0.15, -0.1) is 0 Å². The third-order valence-corrected chi connectivity index (χ3v) is 3.68. The number of rotatable bonds is 2. The second kappa shape index (κ2) is 6.23. The lowest BCUT2D eigenvalue weighted by atomic mass is 10.1. The van der Waals surface area contributed by atoms with Crippen LogP contribution < -0.4 is 5.32 Å². The van der Waals surface area contributed by atoms with Crippen LogP contribution in [0.2, 0.25) is 0 Å². The smallest absolute Gasteiger partial charge is 0.410 e. The Kier molecular flexibility index (Phi) is 4.23. The second-order valence-electron chi connectivity index (χ2n) is 6.96. The molecule has 1 aliphatic heterocycles. The summed E-state index contributed by atoms with van der Waals surface area (Å²) >= 11 is 0. The maximum Gasteiger partial charge on any atom is 0.410 e. The van der Waals surface area contributed by atoms with Gasteiger partial charge >= 0.3 is 6.09 Å². The summed E-state index contributed by atoms with van der Waals surface area (Å²) in [6.45, 7) is 8.02. The molecule has 0 aromatic carbocycles. The van der Waals surface area contributed by atoms with Gasteiger partial charge in [-0.3, -0.25) is 9.89 Å². The number of hydrogen-bond acceptors (Lipinski definition) is 6. The van der Waals surface area contributed by atoms with Crippen molar-refractivity contribution >= 4 is 17.8 Å². The molecule has 3 rings (SSSR count). The standard InChI is InChI=1S/C16H21N5O4/c1-9-7-12(20-25-9)14(22)17-13-10-8-21(6-5-11(10)18-19-13)15(23)24-16(2,3)4/h7H,5-6,8H2,1-4H3,(H2,17,18,19,22). The van der Waals surface area contributed by atoms with E-state index in [1.807, 2.05) is 20.8 Å². The number of carbonyl (C=O) groups is 2. The first kappa shape index (κ1) is 17.0. The number of fused-ring (bicyclic) bond motifs is 1. The van der Waals surface area contributed by atoms with Crippen molar-refractivity contribution < 1.29 is 18.8 Å². The summed E-state index contributed by atoms with van der Waals surface area (Å²) in [7, 11) is 0. The first-order chi connectivity index (χ1) is 11.7. The molecule has 0 atom stereocenters. The van der Waals surface area contributed by atoms with Crippen molar-refractivity contribution in [3.8, 4) is 0 Å². The number of carbonyl (C=O) groups excluding carboxylic acids is 2. The second-order valence-corrected chi connectivity index (χ2v) is 6.96. The van der Waals surface area contributed by atoms with Crippen LogP contribution in [0.3, 0.4) is 0 Å². The molecule has 1 aliphatic rings. The van der Waals surface area contributed by atoms with Crippen LogP contribution in [0.15, 0.2) is 10.6 Å². The van der Waals surface area contributed by atoms with Crippen LogP contribution in [0.4, 0.5) is 10.6 Å². The Morgan fingerprint density at radius 3 is 2.80 bits per heavy atom. The van der Waals surface area contributed by atoms with E-state index in [4.69, 9.17) is 9.26 Å². The summed E-state index contributed by atoms with van der Waals surface area (Å²) < 4.78 is 10.3. The topological polar surface area (TPSA) is 113 Å².